The second kappa shape index (κ2) is 11.7. The van der Waals surface area contributed by atoms with E-state index in [1.54, 1.807) is 6.07 Å². The fourth-order valence-electron chi connectivity index (χ4n) is 2.78. The van der Waals surface area contributed by atoms with Crippen LogP contribution in [-0.2, 0) is 0 Å². The van der Waals surface area contributed by atoms with Gasteiger partial charge in [0, 0.05) is 49.8 Å². The number of guanidine groups is 1. The van der Waals surface area contributed by atoms with Crippen molar-refractivity contribution in [3.8, 4) is 0 Å². The zero-order valence-corrected chi connectivity index (χ0v) is 19.2. The Kier molecular flexibility index (Phi) is 10.4. The third-order valence-electron chi connectivity index (χ3n) is 4.34. The molecule has 1 atom stereocenters. The summed E-state index contributed by atoms with van der Waals surface area (Å²) in [5.74, 6) is 3.02. The number of amides is 1. The standard InChI is InChI=1S/C18H30N4O2S.HI/c1-13(2)15-12-22(9-11-25-15)18(19-4)21-8-5-7-20-17(23)16-14(3)6-10-24-16;/h6,10,13,15H,5,7-9,11-12H2,1-4H3,(H,19,21)(H,20,23);1H. The lowest BCUT2D eigenvalue weighted by atomic mass is 10.1. The van der Waals surface area contributed by atoms with Crippen LogP contribution in [0.2, 0.25) is 0 Å². The number of aliphatic imine (C=N–C) groups is 1. The maximum absolute atomic E-state index is 12.0. The van der Waals surface area contributed by atoms with Crippen LogP contribution in [-0.4, -0.2) is 61.0 Å². The van der Waals surface area contributed by atoms with Crippen LogP contribution in [0.5, 0.6) is 0 Å². The highest BCUT2D eigenvalue weighted by atomic mass is 127. The van der Waals surface area contributed by atoms with Gasteiger partial charge in [0.1, 0.15) is 0 Å². The van der Waals surface area contributed by atoms with Gasteiger partial charge in [0.05, 0.1) is 6.26 Å². The molecule has 8 heteroatoms. The van der Waals surface area contributed by atoms with Crippen molar-refractivity contribution in [2.45, 2.75) is 32.4 Å². The van der Waals surface area contributed by atoms with E-state index in [9.17, 15) is 4.79 Å². The van der Waals surface area contributed by atoms with Crippen LogP contribution >= 0.6 is 35.7 Å². The van der Waals surface area contributed by atoms with Gasteiger partial charge in [-0.1, -0.05) is 13.8 Å². The second-order valence-electron chi connectivity index (χ2n) is 6.62. The Balaban J connectivity index is 0.00000338. The van der Waals surface area contributed by atoms with E-state index in [1.165, 1.54) is 6.26 Å². The molecular weight excluding hydrogens is 463 g/mol. The lowest BCUT2D eigenvalue weighted by molar-refractivity contribution is 0.0925. The fourth-order valence-corrected chi connectivity index (χ4v) is 4.08. The quantitative estimate of drug-likeness (QED) is 0.276. The van der Waals surface area contributed by atoms with E-state index < -0.39 is 0 Å². The summed E-state index contributed by atoms with van der Waals surface area (Å²) in [5, 5.41) is 6.96. The van der Waals surface area contributed by atoms with Gasteiger partial charge >= 0.3 is 0 Å². The number of nitrogens with one attached hydrogen (secondary N) is 2. The Morgan fingerprint density at radius 1 is 1.42 bits per heavy atom. The van der Waals surface area contributed by atoms with E-state index in [0.29, 0.717) is 23.5 Å². The molecule has 26 heavy (non-hydrogen) atoms. The van der Waals surface area contributed by atoms with Gasteiger partial charge in [-0.15, -0.1) is 24.0 Å². The van der Waals surface area contributed by atoms with Gasteiger partial charge in [-0.25, -0.2) is 0 Å². The zero-order valence-electron chi connectivity index (χ0n) is 16.1. The number of hydrogen-bond donors (Lipinski definition) is 2. The lowest BCUT2D eigenvalue weighted by Crippen LogP contribution is -2.49. The van der Waals surface area contributed by atoms with Crippen molar-refractivity contribution in [1.29, 1.82) is 0 Å². The van der Waals surface area contributed by atoms with Gasteiger partial charge in [-0.2, -0.15) is 11.8 Å². The molecule has 0 aliphatic carbocycles. The first kappa shape index (κ1) is 23.1. The molecule has 1 aromatic rings. The molecule has 1 unspecified atom stereocenters. The third-order valence-corrected chi connectivity index (χ3v) is 5.88. The highest BCUT2D eigenvalue weighted by Crippen LogP contribution is 2.24. The molecule has 1 saturated heterocycles. The topological polar surface area (TPSA) is 69.9 Å². The highest BCUT2D eigenvalue weighted by Gasteiger charge is 2.24. The number of halogens is 1. The van der Waals surface area contributed by atoms with Crippen molar-refractivity contribution < 1.29 is 9.21 Å². The molecule has 0 aromatic carbocycles. The predicted molar refractivity (Wildman–Crippen MR) is 120 cm³/mol. The largest absolute Gasteiger partial charge is 0.459 e. The number of carbonyl (C=O) groups excluding carboxylic acids is 1. The number of carbonyl (C=O) groups is 1. The van der Waals surface area contributed by atoms with Gasteiger partial charge in [0.25, 0.3) is 5.91 Å². The molecule has 1 aliphatic rings. The molecule has 0 radical (unpaired) electrons. The van der Waals surface area contributed by atoms with E-state index in [2.05, 4.69) is 46.1 Å². The Hall–Kier alpha value is -0.900. The number of hydrogen-bond acceptors (Lipinski definition) is 4. The van der Waals surface area contributed by atoms with Crippen molar-refractivity contribution in [1.82, 2.24) is 15.5 Å². The molecule has 2 N–H and O–H groups in total. The van der Waals surface area contributed by atoms with Crippen molar-refractivity contribution in [2.75, 3.05) is 39.0 Å². The average molecular weight is 494 g/mol. The van der Waals surface area contributed by atoms with Crippen molar-refractivity contribution in [3.05, 3.63) is 23.7 Å². The number of nitrogens with zero attached hydrogens (tertiary/aromatic N) is 2. The minimum absolute atomic E-state index is 0. The molecule has 148 valence electrons. The van der Waals surface area contributed by atoms with Gasteiger partial charge in [0.2, 0.25) is 0 Å². The summed E-state index contributed by atoms with van der Waals surface area (Å²) in [5.41, 5.74) is 0.860. The summed E-state index contributed by atoms with van der Waals surface area (Å²) in [6.45, 7) is 9.87. The number of thioether (sulfide) groups is 1. The zero-order chi connectivity index (χ0) is 18.2. The molecule has 2 heterocycles. The minimum atomic E-state index is -0.153. The summed E-state index contributed by atoms with van der Waals surface area (Å²) in [6, 6.07) is 1.79. The summed E-state index contributed by atoms with van der Waals surface area (Å²) < 4.78 is 5.19. The second-order valence-corrected chi connectivity index (χ2v) is 7.96. The van der Waals surface area contributed by atoms with Crippen molar-refractivity contribution in [3.63, 3.8) is 0 Å². The molecule has 1 fully saturated rings. The van der Waals surface area contributed by atoms with Crippen LogP contribution in [0.25, 0.3) is 0 Å². The molecule has 1 aromatic heterocycles. The Morgan fingerprint density at radius 3 is 2.77 bits per heavy atom. The number of rotatable bonds is 6. The van der Waals surface area contributed by atoms with Crippen molar-refractivity contribution in [2.24, 2.45) is 10.9 Å². The fraction of sp³-hybridized carbons (Fsp3) is 0.667. The van der Waals surface area contributed by atoms with Crippen LogP contribution < -0.4 is 10.6 Å². The first-order valence-corrected chi connectivity index (χ1v) is 9.97. The predicted octanol–water partition coefficient (Wildman–Crippen LogP) is 2.97. The Morgan fingerprint density at radius 2 is 2.15 bits per heavy atom. The molecule has 1 aliphatic heterocycles. The average Bonchev–Trinajstić information content (AvgIpc) is 3.04. The van der Waals surface area contributed by atoms with Gasteiger partial charge in [0.15, 0.2) is 11.7 Å². The monoisotopic (exact) mass is 494 g/mol. The van der Waals surface area contributed by atoms with Crippen LogP contribution in [0.3, 0.4) is 0 Å². The van der Waals surface area contributed by atoms with E-state index in [0.717, 1.165) is 43.3 Å². The molecule has 0 saturated carbocycles. The van der Waals surface area contributed by atoms with Gasteiger partial charge < -0.3 is 20.0 Å². The number of aryl methyl sites for hydroxylation is 1. The number of furan rings is 1. The summed E-state index contributed by atoms with van der Waals surface area (Å²) >= 11 is 2.06. The first-order chi connectivity index (χ1) is 12.0. The molecule has 6 nitrogen and oxygen atoms in total. The normalized spacial score (nSPS) is 17.8. The maximum atomic E-state index is 12.0. The van der Waals surface area contributed by atoms with E-state index >= 15 is 0 Å². The highest BCUT2D eigenvalue weighted by molar-refractivity contribution is 14.0. The maximum Gasteiger partial charge on any atom is 0.287 e. The Bertz CT molecular complexity index is 592. The first-order valence-electron chi connectivity index (χ1n) is 8.92. The SMILES string of the molecule is CN=C(NCCCNC(=O)c1occc1C)N1CCSC(C(C)C)C1.I. The van der Waals surface area contributed by atoms with Gasteiger partial charge in [-0.3, -0.25) is 9.79 Å². The van der Waals surface area contributed by atoms with E-state index in [4.69, 9.17) is 4.42 Å². The van der Waals surface area contributed by atoms with E-state index in [-0.39, 0.29) is 29.9 Å². The summed E-state index contributed by atoms with van der Waals surface area (Å²) in [6.07, 6.45) is 2.37. The summed E-state index contributed by atoms with van der Waals surface area (Å²) in [4.78, 5) is 18.7. The molecular formula is C18H31IN4O2S. The molecule has 0 spiro atoms. The molecule has 2 rings (SSSR count). The molecule has 1 amide bonds. The van der Waals surface area contributed by atoms with Crippen LogP contribution in [0, 0.1) is 12.8 Å². The van der Waals surface area contributed by atoms with Crippen LogP contribution in [0.15, 0.2) is 21.7 Å². The Labute approximate surface area is 178 Å². The van der Waals surface area contributed by atoms with E-state index in [1.807, 2.05) is 14.0 Å². The minimum Gasteiger partial charge on any atom is -0.459 e. The molecule has 0 bridgehead atoms. The van der Waals surface area contributed by atoms with Crippen LogP contribution in [0.4, 0.5) is 0 Å². The van der Waals surface area contributed by atoms with Crippen LogP contribution in [0.1, 0.15) is 36.4 Å². The summed E-state index contributed by atoms with van der Waals surface area (Å²) in [7, 11) is 1.83. The van der Waals surface area contributed by atoms with Crippen molar-refractivity contribution >= 4 is 47.6 Å². The third kappa shape index (κ3) is 6.68. The lowest BCUT2D eigenvalue weighted by Gasteiger charge is -2.36. The van der Waals surface area contributed by atoms with Gasteiger partial charge in [-0.05, 0) is 25.3 Å². The smallest absolute Gasteiger partial charge is 0.287 e.